The lowest BCUT2D eigenvalue weighted by Gasteiger charge is -2.27. The van der Waals surface area contributed by atoms with Crippen molar-refractivity contribution in [3.05, 3.63) is 47.5 Å². The minimum atomic E-state index is -4.58. The molecule has 1 heterocycles. The lowest BCUT2D eigenvalue weighted by molar-refractivity contribution is -0.141. The predicted molar refractivity (Wildman–Crippen MR) is 137 cm³/mol. The third kappa shape index (κ3) is 7.79. The molecule has 12 heteroatoms. The molecule has 1 aromatic heterocycles. The number of amides is 3. The summed E-state index contributed by atoms with van der Waals surface area (Å²) >= 11 is 0. The monoisotopic (exact) mass is 553 g/mol. The van der Waals surface area contributed by atoms with Gasteiger partial charge in [-0.2, -0.15) is 18.3 Å². The number of alkyl halides is 3. The minimum Gasteiger partial charge on any atom is -0.346 e. The average molecular weight is 554 g/mol. The van der Waals surface area contributed by atoms with E-state index in [1.165, 1.54) is 36.9 Å². The highest BCUT2D eigenvalue weighted by Crippen LogP contribution is 2.29. The highest BCUT2D eigenvalue weighted by Gasteiger charge is 2.35. The number of anilines is 1. The van der Waals surface area contributed by atoms with E-state index in [0.717, 1.165) is 44.6 Å². The van der Waals surface area contributed by atoms with Crippen LogP contribution in [0, 0.1) is 11.7 Å². The van der Waals surface area contributed by atoms with Gasteiger partial charge in [-0.25, -0.2) is 4.39 Å². The number of nitrogens with zero attached hydrogens (tertiary/aromatic N) is 2. The summed E-state index contributed by atoms with van der Waals surface area (Å²) in [7, 11) is 0. The van der Waals surface area contributed by atoms with Crippen LogP contribution in [0.1, 0.15) is 75.3 Å². The van der Waals surface area contributed by atoms with E-state index in [2.05, 4.69) is 15.7 Å². The van der Waals surface area contributed by atoms with Crippen LogP contribution in [0.25, 0.3) is 0 Å². The first kappa shape index (κ1) is 30.1. The van der Waals surface area contributed by atoms with Gasteiger partial charge in [-0.1, -0.05) is 31.7 Å². The van der Waals surface area contributed by atoms with Gasteiger partial charge in [0.15, 0.2) is 0 Å². The van der Waals surface area contributed by atoms with Gasteiger partial charge >= 0.3 is 6.18 Å². The van der Waals surface area contributed by atoms with Crippen molar-refractivity contribution in [2.75, 3.05) is 11.9 Å². The second-order valence-electron chi connectivity index (χ2n) is 10.3. The first-order valence-electron chi connectivity index (χ1n) is 13.1. The van der Waals surface area contributed by atoms with Crippen LogP contribution < -0.4 is 16.0 Å². The molecule has 1 fully saturated rings. The zero-order valence-electron chi connectivity index (χ0n) is 22.3. The zero-order valence-corrected chi connectivity index (χ0v) is 22.3. The molecule has 3 rings (SSSR count). The van der Waals surface area contributed by atoms with E-state index < -0.39 is 47.7 Å². The minimum absolute atomic E-state index is 0.138. The Labute approximate surface area is 224 Å². The molecular formula is C27H35F4N5O3. The summed E-state index contributed by atoms with van der Waals surface area (Å²) < 4.78 is 54.2. The molecule has 1 aliphatic rings. The molecule has 1 aromatic carbocycles. The van der Waals surface area contributed by atoms with Crippen molar-refractivity contribution in [3.63, 3.8) is 0 Å². The lowest BCUT2D eigenvalue weighted by atomic mass is 9.83. The number of aromatic nitrogens is 2. The van der Waals surface area contributed by atoms with Gasteiger partial charge in [0, 0.05) is 12.7 Å². The molecule has 3 N–H and O–H groups in total. The number of rotatable bonds is 9. The van der Waals surface area contributed by atoms with Crippen LogP contribution in [-0.2, 0) is 21.5 Å². The molecule has 1 aliphatic carbocycles. The van der Waals surface area contributed by atoms with Gasteiger partial charge in [0.25, 0.3) is 5.91 Å². The van der Waals surface area contributed by atoms with E-state index in [-0.39, 0.29) is 17.2 Å². The number of nitrogens with one attached hydrogen (secondary N) is 3. The fraction of sp³-hybridized carbons (Fsp3) is 0.556. The van der Waals surface area contributed by atoms with E-state index in [0.29, 0.717) is 12.2 Å². The number of carbonyl (C=O) groups is 3. The van der Waals surface area contributed by atoms with Gasteiger partial charge < -0.3 is 16.0 Å². The van der Waals surface area contributed by atoms with Gasteiger partial charge in [0.05, 0.1) is 11.1 Å². The molecule has 8 nitrogen and oxygen atoms in total. The molecule has 39 heavy (non-hydrogen) atoms. The molecule has 0 saturated heterocycles. The summed E-state index contributed by atoms with van der Waals surface area (Å²) in [5.74, 6) is -2.95. The third-order valence-corrected chi connectivity index (χ3v) is 7.15. The number of aryl methyl sites for hydroxylation is 1. The Morgan fingerprint density at radius 2 is 1.74 bits per heavy atom. The van der Waals surface area contributed by atoms with Gasteiger partial charge in [0.2, 0.25) is 11.8 Å². The first-order chi connectivity index (χ1) is 18.3. The molecule has 214 valence electrons. The van der Waals surface area contributed by atoms with Gasteiger partial charge in [-0.15, -0.1) is 0 Å². The summed E-state index contributed by atoms with van der Waals surface area (Å²) in [6.45, 7) is 3.57. The maximum atomic E-state index is 15.1. The van der Waals surface area contributed by atoms with Crippen LogP contribution in [-0.4, -0.2) is 46.3 Å². The molecule has 0 radical (unpaired) electrons. The zero-order chi connectivity index (χ0) is 28.8. The Morgan fingerprint density at radius 1 is 1.08 bits per heavy atom. The predicted octanol–water partition coefficient (Wildman–Crippen LogP) is 4.71. The SMILES string of the molecule is CCn1nccc1C(=O)N[C@H](C(=O)Nc1ccc(C(C)(C)C(=O)NCC(F)(F)F)cc1F)C1CCCCCC1. The summed E-state index contributed by atoms with van der Waals surface area (Å²) in [6.07, 6.45) is 2.26. The van der Waals surface area contributed by atoms with Gasteiger partial charge in [0.1, 0.15) is 24.1 Å². The number of halogens is 4. The number of hydrogen-bond donors (Lipinski definition) is 3. The van der Waals surface area contributed by atoms with Crippen molar-refractivity contribution in [1.29, 1.82) is 0 Å². The second-order valence-corrected chi connectivity index (χ2v) is 10.3. The second kappa shape index (κ2) is 12.6. The summed E-state index contributed by atoms with van der Waals surface area (Å²) in [6, 6.07) is 4.30. The summed E-state index contributed by atoms with van der Waals surface area (Å²) in [5.41, 5.74) is -1.18. The topological polar surface area (TPSA) is 105 Å². The lowest BCUT2D eigenvalue weighted by Crippen LogP contribution is -2.49. The molecular weight excluding hydrogens is 518 g/mol. The largest absolute Gasteiger partial charge is 0.405 e. The van der Waals surface area contributed by atoms with Crippen molar-refractivity contribution in [3.8, 4) is 0 Å². The van der Waals surface area contributed by atoms with Gasteiger partial charge in [-0.05, 0) is 63.3 Å². The highest BCUT2D eigenvalue weighted by atomic mass is 19.4. The molecule has 1 atom stereocenters. The summed E-state index contributed by atoms with van der Waals surface area (Å²) in [5, 5.41) is 11.3. The van der Waals surface area contributed by atoms with Crippen molar-refractivity contribution in [1.82, 2.24) is 20.4 Å². The Kier molecular flexibility index (Phi) is 9.73. The van der Waals surface area contributed by atoms with E-state index in [1.807, 2.05) is 12.2 Å². The van der Waals surface area contributed by atoms with Crippen LogP contribution in [0.2, 0.25) is 0 Å². The van der Waals surface area contributed by atoms with Crippen LogP contribution in [0.4, 0.5) is 23.2 Å². The van der Waals surface area contributed by atoms with Crippen molar-refractivity contribution >= 4 is 23.4 Å². The van der Waals surface area contributed by atoms with Crippen molar-refractivity contribution < 1.29 is 31.9 Å². The molecule has 0 bridgehead atoms. The van der Waals surface area contributed by atoms with Crippen LogP contribution >= 0.6 is 0 Å². The maximum absolute atomic E-state index is 15.1. The fourth-order valence-corrected chi connectivity index (χ4v) is 4.78. The summed E-state index contributed by atoms with van der Waals surface area (Å²) in [4.78, 5) is 38.8. The Hall–Kier alpha value is -3.44. The maximum Gasteiger partial charge on any atom is 0.405 e. The normalized spacial score (nSPS) is 15.8. The first-order valence-corrected chi connectivity index (χ1v) is 13.1. The van der Waals surface area contributed by atoms with Crippen LogP contribution in [0.3, 0.4) is 0 Å². The van der Waals surface area contributed by atoms with Crippen molar-refractivity contribution in [2.45, 2.75) is 83.5 Å². The van der Waals surface area contributed by atoms with E-state index in [9.17, 15) is 27.6 Å². The molecule has 3 amide bonds. The van der Waals surface area contributed by atoms with Crippen LogP contribution in [0.5, 0.6) is 0 Å². The van der Waals surface area contributed by atoms with Crippen LogP contribution in [0.15, 0.2) is 30.5 Å². The molecule has 0 unspecified atom stereocenters. The molecule has 1 saturated carbocycles. The number of hydrogen-bond acceptors (Lipinski definition) is 4. The van der Waals surface area contributed by atoms with Gasteiger partial charge in [-0.3, -0.25) is 19.1 Å². The molecule has 0 aliphatic heterocycles. The van der Waals surface area contributed by atoms with E-state index in [4.69, 9.17) is 0 Å². The molecule has 0 spiro atoms. The smallest absolute Gasteiger partial charge is 0.346 e. The Morgan fingerprint density at radius 3 is 2.33 bits per heavy atom. The highest BCUT2D eigenvalue weighted by molar-refractivity contribution is 6.00. The third-order valence-electron chi connectivity index (χ3n) is 7.15. The standard InChI is InChI=1S/C27H35F4N5O3/c1-4-36-21(13-14-33-36)23(37)35-22(17-9-7-5-6-8-10-17)24(38)34-20-12-11-18(15-19(20)28)26(2,3)25(39)32-16-27(29,30)31/h11-15,17,22H,4-10,16H2,1-3H3,(H,32,39)(H,34,38)(H,35,37)/t22-/m0/s1. The quantitative estimate of drug-likeness (QED) is 0.309. The molecule has 2 aromatic rings. The van der Waals surface area contributed by atoms with Crippen molar-refractivity contribution in [2.24, 2.45) is 5.92 Å². The number of benzene rings is 1. The fourth-order valence-electron chi connectivity index (χ4n) is 4.78. The number of carbonyl (C=O) groups excluding carboxylic acids is 3. The Bertz CT molecular complexity index is 1170. The Balaban J connectivity index is 1.79. The van der Waals surface area contributed by atoms with E-state index >= 15 is 4.39 Å². The van der Waals surface area contributed by atoms with E-state index in [1.54, 1.807) is 6.07 Å². The average Bonchev–Trinajstić information content (AvgIpc) is 3.20.